The van der Waals surface area contributed by atoms with E-state index in [1.807, 2.05) is 18.7 Å². The molecule has 0 rings (SSSR count). The van der Waals surface area contributed by atoms with Crippen LogP contribution in [0.5, 0.6) is 0 Å². The van der Waals surface area contributed by atoms with Crippen LogP contribution in [0, 0.1) is 0 Å². The Bertz CT molecular complexity index is 135. The normalized spacial score (nSPS) is 14.6. The van der Waals surface area contributed by atoms with Crippen LogP contribution in [-0.2, 0) is 0 Å². The zero-order chi connectivity index (χ0) is 9.07. The zero-order valence-electron chi connectivity index (χ0n) is 7.98. The first-order valence-electron chi connectivity index (χ1n) is 3.88. The minimum absolute atomic E-state index is 0.152. The Morgan fingerprint density at radius 2 is 2.00 bits per heavy atom. The number of nitrogens with two attached hydrogens (primary N) is 1. The summed E-state index contributed by atoms with van der Waals surface area (Å²) in [7, 11) is 0. The molecule has 2 N–H and O–H groups in total. The van der Waals surface area contributed by atoms with Crippen molar-refractivity contribution < 1.29 is 0 Å². The summed E-state index contributed by atoms with van der Waals surface area (Å²) < 4.78 is 0.313. The minimum Gasteiger partial charge on any atom is -0.324 e. The highest BCUT2D eigenvalue weighted by Gasteiger charge is 2.12. The molecule has 0 aliphatic rings. The van der Waals surface area contributed by atoms with Gasteiger partial charge in [0.1, 0.15) is 0 Å². The summed E-state index contributed by atoms with van der Waals surface area (Å²) in [6.45, 7) is 12.4. The van der Waals surface area contributed by atoms with Crippen LogP contribution in [0.1, 0.15) is 27.7 Å². The molecular weight excluding hydrogens is 154 g/mol. The lowest BCUT2D eigenvalue weighted by Crippen LogP contribution is -2.26. The Morgan fingerprint density at radius 3 is 2.27 bits per heavy atom. The lowest BCUT2D eigenvalue weighted by molar-refractivity contribution is 0.790. The van der Waals surface area contributed by atoms with Gasteiger partial charge in [0, 0.05) is 16.5 Å². The highest BCUT2D eigenvalue weighted by atomic mass is 32.2. The third-order valence-electron chi connectivity index (χ3n) is 1.33. The van der Waals surface area contributed by atoms with Crippen molar-refractivity contribution in [2.24, 2.45) is 5.73 Å². The van der Waals surface area contributed by atoms with E-state index in [9.17, 15) is 0 Å². The second-order valence-electron chi connectivity index (χ2n) is 3.88. The first-order valence-corrected chi connectivity index (χ1v) is 4.86. The van der Waals surface area contributed by atoms with Gasteiger partial charge in [-0.15, -0.1) is 0 Å². The van der Waals surface area contributed by atoms with Crippen molar-refractivity contribution in [2.45, 2.75) is 38.5 Å². The van der Waals surface area contributed by atoms with E-state index in [2.05, 4.69) is 27.4 Å². The molecule has 0 aromatic heterocycles. The van der Waals surface area contributed by atoms with Gasteiger partial charge < -0.3 is 5.73 Å². The summed E-state index contributed by atoms with van der Waals surface area (Å²) in [6.07, 6.45) is 0. The molecule has 11 heavy (non-hydrogen) atoms. The predicted molar refractivity (Wildman–Crippen MR) is 55.0 cm³/mol. The van der Waals surface area contributed by atoms with Crippen LogP contribution in [-0.4, -0.2) is 16.5 Å². The van der Waals surface area contributed by atoms with Crippen LogP contribution in [0.15, 0.2) is 12.2 Å². The van der Waals surface area contributed by atoms with Gasteiger partial charge in [0.15, 0.2) is 0 Å². The van der Waals surface area contributed by atoms with E-state index in [0.29, 0.717) is 4.75 Å². The molecule has 0 fully saturated rings. The standard InChI is InChI=1S/C9H19NS/c1-7(2)8(10)6-11-9(3,4)5/h8H,1,6,10H2,2-5H3. The Balaban J connectivity index is 3.63. The maximum absolute atomic E-state index is 5.80. The van der Waals surface area contributed by atoms with Crippen LogP contribution in [0.2, 0.25) is 0 Å². The van der Waals surface area contributed by atoms with Crippen molar-refractivity contribution >= 4 is 11.8 Å². The van der Waals surface area contributed by atoms with Crippen molar-refractivity contribution in [1.82, 2.24) is 0 Å². The topological polar surface area (TPSA) is 26.0 Å². The Hall–Kier alpha value is 0.0500. The van der Waals surface area contributed by atoms with E-state index in [4.69, 9.17) is 5.73 Å². The van der Waals surface area contributed by atoms with Crippen LogP contribution >= 0.6 is 11.8 Å². The highest BCUT2D eigenvalue weighted by Crippen LogP contribution is 2.24. The highest BCUT2D eigenvalue weighted by molar-refractivity contribution is 8.00. The minimum atomic E-state index is 0.152. The monoisotopic (exact) mass is 173 g/mol. The molecule has 1 atom stereocenters. The summed E-state index contributed by atoms with van der Waals surface area (Å²) >= 11 is 1.88. The molecule has 0 aliphatic heterocycles. The molecular formula is C9H19NS. The van der Waals surface area contributed by atoms with Gasteiger partial charge in [-0.3, -0.25) is 0 Å². The van der Waals surface area contributed by atoms with Gasteiger partial charge in [0.05, 0.1) is 0 Å². The van der Waals surface area contributed by atoms with Crippen LogP contribution < -0.4 is 5.73 Å². The van der Waals surface area contributed by atoms with Crippen molar-refractivity contribution in [2.75, 3.05) is 5.75 Å². The maximum Gasteiger partial charge on any atom is 0.0340 e. The number of hydrogen-bond donors (Lipinski definition) is 1. The number of thioether (sulfide) groups is 1. The van der Waals surface area contributed by atoms with Gasteiger partial charge >= 0.3 is 0 Å². The molecule has 0 radical (unpaired) electrons. The molecule has 0 aromatic rings. The molecule has 66 valence electrons. The number of hydrogen-bond acceptors (Lipinski definition) is 2. The molecule has 0 spiro atoms. The first kappa shape index (κ1) is 11.1. The van der Waals surface area contributed by atoms with Gasteiger partial charge in [0.2, 0.25) is 0 Å². The molecule has 0 saturated heterocycles. The maximum atomic E-state index is 5.80. The van der Waals surface area contributed by atoms with Crippen LogP contribution in [0.25, 0.3) is 0 Å². The van der Waals surface area contributed by atoms with E-state index >= 15 is 0 Å². The summed E-state index contributed by atoms with van der Waals surface area (Å²) in [5, 5.41) is 0. The average molecular weight is 173 g/mol. The van der Waals surface area contributed by atoms with Crippen LogP contribution in [0.3, 0.4) is 0 Å². The second kappa shape index (κ2) is 4.17. The fourth-order valence-corrected chi connectivity index (χ4v) is 1.45. The Labute approximate surface area is 74.4 Å². The number of rotatable bonds is 3. The van der Waals surface area contributed by atoms with Crippen molar-refractivity contribution in [1.29, 1.82) is 0 Å². The third kappa shape index (κ3) is 6.45. The summed E-state index contributed by atoms with van der Waals surface area (Å²) in [5.41, 5.74) is 6.87. The van der Waals surface area contributed by atoms with Gasteiger partial charge in [-0.1, -0.05) is 32.9 Å². The summed E-state index contributed by atoms with van der Waals surface area (Å²) in [4.78, 5) is 0. The summed E-state index contributed by atoms with van der Waals surface area (Å²) in [6, 6.07) is 0.152. The first-order chi connectivity index (χ1) is 4.83. The van der Waals surface area contributed by atoms with Crippen molar-refractivity contribution in [3.63, 3.8) is 0 Å². The Kier molecular flexibility index (Phi) is 4.19. The molecule has 1 nitrogen and oxygen atoms in total. The van der Waals surface area contributed by atoms with E-state index in [1.165, 1.54) is 0 Å². The van der Waals surface area contributed by atoms with Crippen molar-refractivity contribution in [3.05, 3.63) is 12.2 Å². The predicted octanol–water partition coefficient (Wildman–Crippen LogP) is 2.42. The fourth-order valence-electron chi connectivity index (χ4n) is 0.482. The Morgan fingerprint density at radius 1 is 1.55 bits per heavy atom. The lowest BCUT2D eigenvalue weighted by atomic mass is 10.2. The molecule has 1 unspecified atom stereocenters. The second-order valence-corrected chi connectivity index (χ2v) is 5.72. The molecule has 0 aliphatic carbocycles. The van der Waals surface area contributed by atoms with E-state index in [1.54, 1.807) is 0 Å². The zero-order valence-corrected chi connectivity index (χ0v) is 8.79. The fraction of sp³-hybridized carbons (Fsp3) is 0.778. The van der Waals surface area contributed by atoms with E-state index in [-0.39, 0.29) is 6.04 Å². The van der Waals surface area contributed by atoms with E-state index in [0.717, 1.165) is 11.3 Å². The van der Waals surface area contributed by atoms with Gasteiger partial charge in [0.25, 0.3) is 0 Å². The quantitative estimate of drug-likeness (QED) is 0.663. The molecule has 0 aromatic carbocycles. The molecule has 2 heteroatoms. The van der Waals surface area contributed by atoms with Gasteiger partial charge in [-0.2, -0.15) is 11.8 Å². The van der Waals surface area contributed by atoms with Crippen molar-refractivity contribution in [3.8, 4) is 0 Å². The molecule has 0 heterocycles. The third-order valence-corrected chi connectivity index (χ3v) is 2.72. The molecule has 0 amide bonds. The summed E-state index contributed by atoms with van der Waals surface area (Å²) in [5.74, 6) is 0.971. The van der Waals surface area contributed by atoms with Crippen LogP contribution in [0.4, 0.5) is 0 Å². The smallest absolute Gasteiger partial charge is 0.0340 e. The SMILES string of the molecule is C=C(C)C(N)CSC(C)(C)C. The van der Waals surface area contributed by atoms with Gasteiger partial charge in [-0.05, 0) is 6.92 Å². The molecule has 0 saturated carbocycles. The molecule has 0 bridgehead atoms. The van der Waals surface area contributed by atoms with Gasteiger partial charge in [-0.25, -0.2) is 0 Å². The van der Waals surface area contributed by atoms with E-state index < -0.39 is 0 Å². The average Bonchev–Trinajstić information content (AvgIpc) is 1.80. The lowest BCUT2D eigenvalue weighted by Gasteiger charge is -2.20. The largest absolute Gasteiger partial charge is 0.324 e.